The first-order chi connectivity index (χ1) is 13.5. The maximum atomic E-state index is 13.2. The van der Waals surface area contributed by atoms with Gasteiger partial charge in [0.15, 0.2) is 0 Å². The Balaban J connectivity index is 2.10. The maximum absolute atomic E-state index is 13.2. The van der Waals surface area contributed by atoms with Gasteiger partial charge in [-0.05, 0) is 29.9 Å². The van der Waals surface area contributed by atoms with Crippen LogP contribution in [-0.4, -0.2) is 43.9 Å². The summed E-state index contributed by atoms with van der Waals surface area (Å²) in [7, 11) is 3.44. The third kappa shape index (κ3) is 4.17. The third-order valence-electron chi connectivity index (χ3n) is 5.74. The van der Waals surface area contributed by atoms with E-state index in [-0.39, 0.29) is 29.4 Å². The molecule has 1 aliphatic rings. The summed E-state index contributed by atoms with van der Waals surface area (Å²) in [4.78, 5) is 27.8. The van der Waals surface area contributed by atoms with Gasteiger partial charge in [0, 0.05) is 33.0 Å². The number of rotatable bonds is 6. The summed E-state index contributed by atoms with van der Waals surface area (Å²) in [6, 6.07) is 20.1. The van der Waals surface area contributed by atoms with Gasteiger partial charge < -0.3 is 9.64 Å². The van der Waals surface area contributed by atoms with Gasteiger partial charge in [0.1, 0.15) is 11.7 Å². The second-order valence-corrected chi connectivity index (χ2v) is 7.66. The van der Waals surface area contributed by atoms with Gasteiger partial charge in [-0.15, -0.1) is 0 Å². The van der Waals surface area contributed by atoms with E-state index in [9.17, 15) is 9.59 Å². The van der Waals surface area contributed by atoms with Crippen molar-refractivity contribution in [2.45, 2.75) is 25.2 Å². The number of Topliss-reactive ketones (excluding diaryl/α,β-unsaturated/α-hetero) is 1. The first-order valence-electron chi connectivity index (χ1n) is 9.96. The molecular weight excluding hydrogens is 350 g/mol. The van der Waals surface area contributed by atoms with Gasteiger partial charge in [-0.1, -0.05) is 60.7 Å². The molecule has 0 radical (unpaired) electrons. The highest BCUT2D eigenvalue weighted by Gasteiger charge is 2.48. The van der Waals surface area contributed by atoms with Gasteiger partial charge in [0.25, 0.3) is 0 Å². The molecule has 0 spiro atoms. The van der Waals surface area contributed by atoms with Crippen molar-refractivity contribution in [3.63, 3.8) is 0 Å². The summed E-state index contributed by atoms with van der Waals surface area (Å²) in [5.41, 5.74) is 2.17. The Labute approximate surface area is 167 Å². The molecule has 2 aromatic rings. The molecule has 1 saturated carbocycles. The summed E-state index contributed by atoms with van der Waals surface area (Å²) in [6.45, 7) is 3.12. The topological polar surface area (TPSA) is 46.6 Å². The van der Waals surface area contributed by atoms with Crippen LogP contribution in [0.25, 0.3) is 0 Å². The molecule has 0 aliphatic heterocycles. The van der Waals surface area contributed by atoms with Crippen LogP contribution in [0.5, 0.6) is 0 Å². The van der Waals surface area contributed by atoms with E-state index in [1.165, 1.54) is 0 Å². The Morgan fingerprint density at radius 3 is 2.11 bits per heavy atom. The van der Waals surface area contributed by atoms with Crippen LogP contribution in [-0.2, 0) is 14.3 Å². The highest BCUT2D eigenvalue weighted by molar-refractivity contribution is 6.03. The average Bonchev–Trinajstić information content (AvgIpc) is 2.72. The molecular formula is C24H29NO3. The van der Waals surface area contributed by atoms with E-state index in [1.807, 2.05) is 55.5 Å². The molecule has 4 heteroatoms. The molecule has 1 fully saturated rings. The van der Waals surface area contributed by atoms with Crippen LogP contribution in [0.4, 0.5) is 0 Å². The van der Waals surface area contributed by atoms with E-state index in [4.69, 9.17) is 4.74 Å². The van der Waals surface area contributed by atoms with Crippen molar-refractivity contribution in [2.24, 2.45) is 11.8 Å². The molecule has 28 heavy (non-hydrogen) atoms. The number of ether oxygens (including phenoxy) is 1. The molecule has 0 N–H and O–H groups in total. The lowest BCUT2D eigenvalue weighted by Crippen LogP contribution is -2.47. The summed E-state index contributed by atoms with van der Waals surface area (Å²) in [5.74, 6) is -0.869. The Kier molecular flexibility index (Phi) is 6.63. The Hall–Kier alpha value is -2.46. The molecule has 1 amide bonds. The van der Waals surface area contributed by atoms with Crippen molar-refractivity contribution in [1.82, 2.24) is 4.90 Å². The van der Waals surface area contributed by atoms with Crippen molar-refractivity contribution in [1.29, 1.82) is 0 Å². The standard InChI is InChI=1S/C24H29NO3/c1-4-28-16-20-19(17-11-7-5-8-12-17)15-21(26)23(24(27)25(2)3)22(20)18-13-9-6-10-14-18/h5-14,19-20,22-23H,4,15-16H2,1-3H3/t19-,20-,22+,23+/m1/s1. The maximum Gasteiger partial charge on any atom is 0.233 e. The number of carbonyl (C=O) groups is 2. The fourth-order valence-corrected chi connectivity index (χ4v) is 4.42. The first-order valence-corrected chi connectivity index (χ1v) is 9.96. The Morgan fingerprint density at radius 1 is 1.00 bits per heavy atom. The fourth-order valence-electron chi connectivity index (χ4n) is 4.42. The molecule has 4 atom stereocenters. The minimum atomic E-state index is -0.664. The Bertz CT molecular complexity index is 788. The van der Waals surface area contributed by atoms with E-state index in [0.717, 1.165) is 11.1 Å². The second-order valence-electron chi connectivity index (χ2n) is 7.66. The van der Waals surface area contributed by atoms with E-state index < -0.39 is 5.92 Å². The lowest BCUT2D eigenvalue weighted by molar-refractivity contribution is -0.144. The number of hydrogen-bond acceptors (Lipinski definition) is 3. The van der Waals surface area contributed by atoms with Gasteiger partial charge in [-0.2, -0.15) is 0 Å². The summed E-state index contributed by atoms with van der Waals surface area (Å²) < 4.78 is 5.86. The largest absolute Gasteiger partial charge is 0.381 e. The normalized spacial score (nSPS) is 24.8. The van der Waals surface area contributed by atoms with Crippen molar-refractivity contribution >= 4 is 11.7 Å². The molecule has 1 aliphatic carbocycles. The van der Waals surface area contributed by atoms with Crippen molar-refractivity contribution < 1.29 is 14.3 Å². The van der Waals surface area contributed by atoms with Gasteiger partial charge in [0.05, 0.1) is 6.61 Å². The molecule has 0 unspecified atom stereocenters. The quantitative estimate of drug-likeness (QED) is 0.716. The molecule has 3 rings (SSSR count). The first kappa shape index (κ1) is 20.3. The molecule has 0 aromatic heterocycles. The SMILES string of the molecule is CCOC[C@H]1[C@H](c2ccccc2)[C@@H](C(=O)N(C)C)C(=O)C[C@@H]1c1ccccc1. The van der Waals surface area contributed by atoms with Crippen molar-refractivity contribution in [3.05, 3.63) is 71.8 Å². The van der Waals surface area contributed by atoms with Crippen LogP contribution in [0, 0.1) is 11.8 Å². The van der Waals surface area contributed by atoms with Crippen LogP contribution in [0.1, 0.15) is 36.3 Å². The van der Waals surface area contributed by atoms with Gasteiger partial charge in [-0.3, -0.25) is 9.59 Å². The fraction of sp³-hybridized carbons (Fsp3) is 0.417. The van der Waals surface area contributed by atoms with Crippen LogP contribution in [0.3, 0.4) is 0 Å². The summed E-state index contributed by atoms with van der Waals surface area (Å²) >= 11 is 0. The third-order valence-corrected chi connectivity index (χ3v) is 5.74. The van der Waals surface area contributed by atoms with Gasteiger partial charge >= 0.3 is 0 Å². The molecule has 0 heterocycles. The van der Waals surface area contributed by atoms with E-state index in [1.54, 1.807) is 19.0 Å². The smallest absolute Gasteiger partial charge is 0.233 e. The predicted octanol–water partition coefficient (Wildman–Crippen LogP) is 3.88. The summed E-state index contributed by atoms with van der Waals surface area (Å²) in [6.07, 6.45) is 0.370. The Morgan fingerprint density at radius 2 is 1.57 bits per heavy atom. The van der Waals surface area contributed by atoms with Crippen LogP contribution < -0.4 is 0 Å². The molecule has 0 saturated heterocycles. The van der Waals surface area contributed by atoms with E-state index >= 15 is 0 Å². The lowest BCUT2D eigenvalue weighted by Gasteiger charge is -2.42. The predicted molar refractivity (Wildman–Crippen MR) is 110 cm³/mol. The van der Waals surface area contributed by atoms with Crippen molar-refractivity contribution in [3.8, 4) is 0 Å². The number of hydrogen-bond donors (Lipinski definition) is 0. The zero-order chi connectivity index (χ0) is 20.1. The minimum absolute atomic E-state index is 0.0224. The summed E-state index contributed by atoms with van der Waals surface area (Å²) in [5, 5.41) is 0. The second kappa shape index (κ2) is 9.16. The highest BCUT2D eigenvalue weighted by atomic mass is 16.5. The molecule has 0 bridgehead atoms. The number of nitrogens with zero attached hydrogens (tertiary/aromatic N) is 1. The molecule has 148 valence electrons. The minimum Gasteiger partial charge on any atom is -0.381 e. The zero-order valence-electron chi connectivity index (χ0n) is 16.9. The molecule has 4 nitrogen and oxygen atoms in total. The molecule has 2 aromatic carbocycles. The monoisotopic (exact) mass is 379 g/mol. The number of amides is 1. The van der Waals surface area contributed by atoms with Gasteiger partial charge in [0.2, 0.25) is 5.91 Å². The van der Waals surface area contributed by atoms with Crippen LogP contribution >= 0.6 is 0 Å². The van der Waals surface area contributed by atoms with Gasteiger partial charge in [-0.25, -0.2) is 0 Å². The number of benzene rings is 2. The van der Waals surface area contributed by atoms with E-state index in [2.05, 4.69) is 12.1 Å². The highest BCUT2D eigenvalue weighted by Crippen LogP contribution is 2.48. The number of carbonyl (C=O) groups excluding carboxylic acids is 2. The average molecular weight is 380 g/mol. The van der Waals surface area contributed by atoms with Crippen LogP contribution in [0.2, 0.25) is 0 Å². The number of ketones is 1. The lowest BCUT2D eigenvalue weighted by atomic mass is 9.61. The van der Waals surface area contributed by atoms with E-state index in [0.29, 0.717) is 19.6 Å². The van der Waals surface area contributed by atoms with Crippen LogP contribution in [0.15, 0.2) is 60.7 Å². The van der Waals surface area contributed by atoms with Crippen molar-refractivity contribution in [2.75, 3.05) is 27.3 Å². The zero-order valence-corrected chi connectivity index (χ0v) is 16.9.